The fraction of sp³-hybridized carbons (Fsp3) is 0.667. The predicted molar refractivity (Wildman–Crippen MR) is 43.3 cm³/mol. The highest BCUT2D eigenvalue weighted by Crippen LogP contribution is 2.02. The molecule has 0 bridgehead atoms. The number of rotatable bonds is 6. The smallest absolute Gasteiger partial charge is 0.0351 e. The quantitative estimate of drug-likeness (QED) is 0.377. The van der Waals surface area contributed by atoms with Gasteiger partial charge in [0.15, 0.2) is 0 Å². The average Bonchev–Trinajstić information content (AvgIpc) is 1.89. The summed E-state index contributed by atoms with van der Waals surface area (Å²) in [5.74, 6) is 0. The molecule has 0 aromatic carbocycles. The van der Waals surface area contributed by atoms with Crippen LogP contribution in [0.4, 0.5) is 0 Å². The first-order chi connectivity index (χ1) is 4.41. The van der Waals surface area contributed by atoms with E-state index in [9.17, 15) is 0 Å². The molecule has 9 heavy (non-hydrogen) atoms. The Morgan fingerprint density at radius 3 is 2.56 bits per heavy atom. The van der Waals surface area contributed by atoms with Crippen molar-refractivity contribution in [3.05, 3.63) is 19.1 Å². The second-order valence-electron chi connectivity index (χ2n) is 2.30. The average molecular weight is 125 g/mol. The van der Waals surface area contributed by atoms with Crippen molar-refractivity contribution in [3.8, 4) is 0 Å². The van der Waals surface area contributed by atoms with Crippen LogP contribution >= 0.6 is 0 Å². The van der Waals surface area contributed by atoms with Crippen molar-refractivity contribution in [2.75, 3.05) is 0 Å². The molecule has 0 aromatic rings. The molecule has 0 nitrogen and oxygen atoms in total. The number of unbranched alkanes of at least 4 members (excludes halogenated alkanes) is 5. The topological polar surface area (TPSA) is 0 Å². The fourth-order valence-corrected chi connectivity index (χ4v) is 0.729. The Labute approximate surface area is 59.0 Å². The lowest BCUT2D eigenvalue weighted by Crippen LogP contribution is -1.76. The fourth-order valence-electron chi connectivity index (χ4n) is 0.729. The maximum absolute atomic E-state index is 3.66. The minimum absolute atomic E-state index is 1.14. The minimum atomic E-state index is 1.14. The zero-order valence-electron chi connectivity index (χ0n) is 6.40. The lowest BCUT2D eigenvalue weighted by Gasteiger charge is -1.94. The predicted octanol–water partition coefficient (Wildman–Crippen LogP) is 3.35. The van der Waals surface area contributed by atoms with Gasteiger partial charge in [-0.1, -0.05) is 32.3 Å². The molecule has 0 fully saturated rings. The van der Waals surface area contributed by atoms with Crippen molar-refractivity contribution in [2.24, 2.45) is 0 Å². The van der Waals surface area contributed by atoms with E-state index < -0.39 is 0 Å². The van der Waals surface area contributed by atoms with Gasteiger partial charge in [0.25, 0.3) is 0 Å². The van der Waals surface area contributed by atoms with Crippen molar-refractivity contribution in [1.29, 1.82) is 0 Å². The number of hydrogen-bond acceptors (Lipinski definition) is 0. The summed E-state index contributed by atoms with van der Waals surface area (Å²) in [6, 6.07) is 0. The molecule has 0 saturated carbocycles. The standard InChI is InChI=1S/C9H17/c1-3-5-7-9-8-6-4-2/h3,9H,1,4-8H2,2H3. The van der Waals surface area contributed by atoms with Crippen LogP contribution in [0.2, 0.25) is 0 Å². The van der Waals surface area contributed by atoms with E-state index in [0.717, 1.165) is 6.42 Å². The first kappa shape index (κ1) is 8.74. The van der Waals surface area contributed by atoms with Crippen LogP contribution < -0.4 is 0 Å². The van der Waals surface area contributed by atoms with E-state index in [2.05, 4.69) is 19.9 Å². The Balaban J connectivity index is 2.66. The highest BCUT2D eigenvalue weighted by molar-refractivity contribution is 4.72. The van der Waals surface area contributed by atoms with Crippen LogP contribution in [0.15, 0.2) is 12.7 Å². The van der Waals surface area contributed by atoms with Crippen molar-refractivity contribution in [3.63, 3.8) is 0 Å². The van der Waals surface area contributed by atoms with E-state index in [1.165, 1.54) is 25.7 Å². The number of hydrogen-bond donors (Lipinski definition) is 0. The Hall–Kier alpha value is -0.260. The third kappa shape index (κ3) is 7.74. The lowest BCUT2D eigenvalue weighted by atomic mass is 10.1. The van der Waals surface area contributed by atoms with Gasteiger partial charge in [-0.2, -0.15) is 0 Å². The van der Waals surface area contributed by atoms with Crippen LogP contribution in [0, 0.1) is 6.42 Å². The largest absolute Gasteiger partial charge is 0.103 e. The molecule has 53 valence electrons. The van der Waals surface area contributed by atoms with Gasteiger partial charge in [0.1, 0.15) is 0 Å². The summed E-state index contributed by atoms with van der Waals surface area (Å²) in [6.07, 6.45) is 10.6. The zero-order chi connectivity index (χ0) is 6.95. The molecule has 0 amide bonds. The summed E-state index contributed by atoms with van der Waals surface area (Å²) >= 11 is 0. The van der Waals surface area contributed by atoms with Crippen LogP contribution in [0.3, 0.4) is 0 Å². The molecule has 0 aliphatic rings. The van der Waals surface area contributed by atoms with Gasteiger partial charge in [0, 0.05) is 0 Å². The first-order valence-electron chi connectivity index (χ1n) is 3.84. The Morgan fingerprint density at radius 2 is 2.00 bits per heavy atom. The Kier molecular flexibility index (Phi) is 7.52. The van der Waals surface area contributed by atoms with Gasteiger partial charge in [-0.25, -0.2) is 0 Å². The molecule has 0 aromatic heterocycles. The summed E-state index contributed by atoms with van der Waals surface area (Å²) in [5.41, 5.74) is 0. The molecule has 0 N–H and O–H groups in total. The van der Waals surface area contributed by atoms with Gasteiger partial charge < -0.3 is 0 Å². The highest BCUT2D eigenvalue weighted by atomic mass is 13.9. The van der Waals surface area contributed by atoms with E-state index in [0.29, 0.717) is 0 Å². The molecule has 1 radical (unpaired) electrons. The Bertz CT molecular complexity index is 55.1. The SMILES string of the molecule is C=CCC[CH]CCCC. The van der Waals surface area contributed by atoms with Crippen LogP contribution in [-0.4, -0.2) is 0 Å². The van der Waals surface area contributed by atoms with Crippen molar-refractivity contribution in [1.82, 2.24) is 0 Å². The second-order valence-corrected chi connectivity index (χ2v) is 2.30. The Morgan fingerprint density at radius 1 is 1.22 bits per heavy atom. The maximum Gasteiger partial charge on any atom is -0.0351 e. The van der Waals surface area contributed by atoms with E-state index >= 15 is 0 Å². The summed E-state index contributed by atoms with van der Waals surface area (Å²) < 4.78 is 0. The normalized spacial score (nSPS) is 9.44. The molecule has 0 heteroatoms. The van der Waals surface area contributed by atoms with Crippen molar-refractivity contribution in [2.45, 2.75) is 39.0 Å². The van der Waals surface area contributed by atoms with Crippen LogP contribution in [0.1, 0.15) is 39.0 Å². The maximum atomic E-state index is 3.66. The van der Waals surface area contributed by atoms with Gasteiger partial charge in [-0.3, -0.25) is 0 Å². The van der Waals surface area contributed by atoms with Gasteiger partial charge in [0.05, 0.1) is 0 Å². The van der Waals surface area contributed by atoms with Gasteiger partial charge in [-0.05, 0) is 19.3 Å². The van der Waals surface area contributed by atoms with E-state index in [-0.39, 0.29) is 0 Å². The molecule has 0 unspecified atom stereocenters. The summed E-state index contributed by atoms with van der Waals surface area (Å²) in [7, 11) is 0. The zero-order valence-corrected chi connectivity index (χ0v) is 6.40. The summed E-state index contributed by atoms with van der Waals surface area (Å²) in [6.45, 7) is 5.88. The van der Waals surface area contributed by atoms with Crippen LogP contribution in [0.25, 0.3) is 0 Å². The molecule has 0 atom stereocenters. The van der Waals surface area contributed by atoms with Crippen LogP contribution in [0.5, 0.6) is 0 Å². The summed E-state index contributed by atoms with van der Waals surface area (Å²) in [4.78, 5) is 0. The van der Waals surface area contributed by atoms with E-state index in [1.807, 2.05) is 6.08 Å². The highest BCUT2D eigenvalue weighted by Gasteiger charge is 1.84. The molecule has 0 aliphatic carbocycles. The number of allylic oxidation sites excluding steroid dienone is 1. The molecular weight excluding hydrogens is 108 g/mol. The van der Waals surface area contributed by atoms with Crippen molar-refractivity contribution < 1.29 is 0 Å². The summed E-state index contributed by atoms with van der Waals surface area (Å²) in [5, 5.41) is 0. The molecule has 0 saturated heterocycles. The minimum Gasteiger partial charge on any atom is -0.103 e. The molecular formula is C9H17. The third-order valence-electron chi connectivity index (χ3n) is 1.34. The van der Waals surface area contributed by atoms with E-state index in [1.54, 1.807) is 0 Å². The molecule has 0 spiro atoms. The monoisotopic (exact) mass is 125 g/mol. The van der Waals surface area contributed by atoms with Crippen molar-refractivity contribution >= 4 is 0 Å². The lowest BCUT2D eigenvalue weighted by molar-refractivity contribution is 0.749. The third-order valence-corrected chi connectivity index (χ3v) is 1.34. The van der Waals surface area contributed by atoms with Gasteiger partial charge in [0.2, 0.25) is 0 Å². The first-order valence-corrected chi connectivity index (χ1v) is 3.84. The second kappa shape index (κ2) is 7.74. The molecule has 0 rings (SSSR count). The van der Waals surface area contributed by atoms with Gasteiger partial charge >= 0.3 is 0 Å². The van der Waals surface area contributed by atoms with Gasteiger partial charge in [-0.15, -0.1) is 6.58 Å². The van der Waals surface area contributed by atoms with Crippen LogP contribution in [-0.2, 0) is 0 Å². The molecule has 0 heterocycles. The van der Waals surface area contributed by atoms with E-state index in [4.69, 9.17) is 0 Å². The molecule has 0 aliphatic heterocycles.